The van der Waals surface area contributed by atoms with Gasteiger partial charge in [-0.2, -0.15) is 5.10 Å². The highest BCUT2D eigenvalue weighted by molar-refractivity contribution is 6.24. The number of fused-ring (bicyclic) bond motifs is 3. The molecule has 0 fully saturated rings. The minimum atomic E-state index is -1.28. The number of benzene rings is 3. The minimum Gasteiger partial charge on any atom is -0.546 e. The van der Waals surface area contributed by atoms with Crippen LogP contribution in [0.2, 0.25) is 0 Å². The summed E-state index contributed by atoms with van der Waals surface area (Å²) in [4.78, 5) is 10.6. The van der Waals surface area contributed by atoms with Crippen LogP contribution in [0.5, 0.6) is 5.75 Å². The maximum atomic E-state index is 10.6. The number of ether oxygens (including phenoxy) is 1. The Morgan fingerprint density at radius 2 is 1.41 bits per heavy atom. The lowest BCUT2D eigenvalue weighted by Crippen LogP contribution is -2.29. The van der Waals surface area contributed by atoms with E-state index in [1.165, 1.54) is 0 Å². The average molecular weight is 355 g/mol. The lowest BCUT2D eigenvalue weighted by atomic mass is 10.1. The van der Waals surface area contributed by atoms with Gasteiger partial charge in [0, 0.05) is 16.7 Å². The number of carbonyl (C=O) groups is 1. The molecule has 0 saturated carbocycles. The second kappa shape index (κ2) is 7.25. The first-order valence-corrected chi connectivity index (χ1v) is 8.46. The van der Waals surface area contributed by atoms with Gasteiger partial charge in [0.2, 0.25) is 0 Å². The second-order valence-electron chi connectivity index (χ2n) is 5.98. The van der Waals surface area contributed by atoms with Crippen LogP contribution in [0.4, 0.5) is 0 Å². The fraction of sp³-hybridized carbons (Fsp3) is 0.0455. The van der Waals surface area contributed by atoms with Gasteiger partial charge in [-0.1, -0.05) is 60.7 Å². The zero-order valence-electron chi connectivity index (χ0n) is 14.3. The van der Waals surface area contributed by atoms with Crippen LogP contribution in [0.1, 0.15) is 16.7 Å². The summed E-state index contributed by atoms with van der Waals surface area (Å²) in [6.07, 6.45) is 1.56. The van der Waals surface area contributed by atoms with Gasteiger partial charge in [0.1, 0.15) is 18.1 Å². The third-order valence-corrected chi connectivity index (χ3v) is 4.27. The molecule has 3 aromatic carbocycles. The fourth-order valence-electron chi connectivity index (χ4n) is 3.11. The molecule has 0 bridgehead atoms. The van der Waals surface area contributed by atoms with Gasteiger partial charge in [0.25, 0.3) is 0 Å². The van der Waals surface area contributed by atoms with E-state index >= 15 is 0 Å². The Morgan fingerprint density at radius 1 is 0.852 bits per heavy atom. The Balaban J connectivity index is 1.67. The maximum Gasteiger partial charge on any atom is 0.128 e. The van der Waals surface area contributed by atoms with Crippen molar-refractivity contribution in [2.75, 3.05) is 6.61 Å². The van der Waals surface area contributed by atoms with Crippen molar-refractivity contribution in [3.8, 4) is 16.9 Å². The molecule has 0 heterocycles. The van der Waals surface area contributed by atoms with Gasteiger partial charge in [0.15, 0.2) is 0 Å². The van der Waals surface area contributed by atoms with Crippen molar-refractivity contribution < 1.29 is 14.6 Å². The summed E-state index contributed by atoms with van der Waals surface area (Å²) in [5, 5.41) is 19.3. The fourth-order valence-corrected chi connectivity index (χ4v) is 3.11. The molecule has 1 aliphatic rings. The summed E-state index contributed by atoms with van der Waals surface area (Å²) in [6.45, 7) is -0.514. The molecule has 0 aromatic heterocycles. The number of hydrogen-bond donors (Lipinski definition) is 0. The van der Waals surface area contributed by atoms with E-state index in [2.05, 4.69) is 22.3 Å². The summed E-state index contributed by atoms with van der Waals surface area (Å²) in [5.74, 6) is -0.862. The normalized spacial score (nSPS) is 11.9. The first-order valence-electron chi connectivity index (χ1n) is 8.46. The molecule has 0 spiro atoms. The van der Waals surface area contributed by atoms with Crippen LogP contribution < -0.4 is 9.84 Å². The van der Waals surface area contributed by atoms with E-state index in [0.29, 0.717) is 11.3 Å². The number of aliphatic carboxylic acids is 1. The molecule has 0 aliphatic heterocycles. The number of carboxylic acids is 1. The third kappa shape index (κ3) is 3.35. The Hall–Kier alpha value is -3.73. The van der Waals surface area contributed by atoms with Gasteiger partial charge in [-0.15, -0.1) is 5.10 Å². The van der Waals surface area contributed by atoms with E-state index in [0.717, 1.165) is 28.0 Å². The molecule has 0 N–H and O–H groups in total. The summed E-state index contributed by atoms with van der Waals surface area (Å²) in [5.41, 5.74) is 5.81. The van der Waals surface area contributed by atoms with Crippen LogP contribution in [0.25, 0.3) is 11.1 Å². The van der Waals surface area contributed by atoms with Crippen LogP contribution in [-0.4, -0.2) is 24.5 Å². The smallest absolute Gasteiger partial charge is 0.128 e. The molecule has 0 atom stereocenters. The van der Waals surface area contributed by atoms with Crippen molar-refractivity contribution in [2.24, 2.45) is 10.2 Å². The van der Waals surface area contributed by atoms with E-state index in [-0.39, 0.29) is 0 Å². The van der Waals surface area contributed by atoms with Gasteiger partial charge in [-0.25, -0.2) is 0 Å². The van der Waals surface area contributed by atoms with Gasteiger partial charge in [-0.05, 0) is 23.3 Å². The molecule has 132 valence electrons. The molecule has 0 radical (unpaired) electrons. The highest BCUT2D eigenvalue weighted by atomic mass is 16.5. The molecular formula is C22H15N2O3-. The van der Waals surface area contributed by atoms with E-state index in [9.17, 15) is 9.90 Å². The largest absolute Gasteiger partial charge is 0.546 e. The van der Waals surface area contributed by atoms with E-state index in [4.69, 9.17) is 4.74 Å². The predicted octanol–water partition coefficient (Wildman–Crippen LogP) is 2.67. The van der Waals surface area contributed by atoms with Crippen LogP contribution in [0.3, 0.4) is 0 Å². The highest BCUT2D eigenvalue weighted by Gasteiger charge is 2.23. The molecule has 4 rings (SSSR count). The van der Waals surface area contributed by atoms with E-state index < -0.39 is 12.6 Å². The molecule has 0 saturated heterocycles. The van der Waals surface area contributed by atoms with Gasteiger partial charge < -0.3 is 14.6 Å². The molecule has 27 heavy (non-hydrogen) atoms. The average Bonchev–Trinajstić information content (AvgIpc) is 3.01. The Labute approximate surface area is 156 Å². The van der Waals surface area contributed by atoms with E-state index in [1.54, 1.807) is 24.4 Å². The zero-order valence-corrected chi connectivity index (χ0v) is 14.3. The molecule has 0 unspecified atom stereocenters. The lowest BCUT2D eigenvalue weighted by Gasteiger charge is -2.08. The van der Waals surface area contributed by atoms with Crippen molar-refractivity contribution in [3.05, 3.63) is 89.5 Å². The van der Waals surface area contributed by atoms with Crippen molar-refractivity contribution in [1.82, 2.24) is 0 Å². The summed E-state index contributed by atoms with van der Waals surface area (Å²) >= 11 is 0. The molecular weight excluding hydrogens is 340 g/mol. The van der Waals surface area contributed by atoms with Gasteiger partial charge in [0.05, 0.1) is 12.2 Å². The number of nitrogens with zero attached hydrogens (tertiary/aromatic N) is 2. The Bertz CT molecular complexity index is 1020. The molecule has 1 aliphatic carbocycles. The first-order chi connectivity index (χ1) is 13.2. The predicted molar refractivity (Wildman–Crippen MR) is 102 cm³/mol. The van der Waals surface area contributed by atoms with Gasteiger partial charge >= 0.3 is 0 Å². The molecule has 5 heteroatoms. The van der Waals surface area contributed by atoms with Crippen molar-refractivity contribution in [3.63, 3.8) is 0 Å². The number of hydrogen-bond acceptors (Lipinski definition) is 5. The van der Waals surface area contributed by atoms with Crippen LogP contribution >= 0.6 is 0 Å². The number of para-hydroxylation sites is 1. The number of carbonyl (C=O) groups excluding carboxylic acids is 1. The van der Waals surface area contributed by atoms with Crippen LogP contribution in [-0.2, 0) is 4.79 Å². The maximum absolute atomic E-state index is 10.6. The number of carboxylic acid groups (broad SMARTS) is 1. The third-order valence-electron chi connectivity index (χ3n) is 4.27. The number of rotatable bonds is 5. The van der Waals surface area contributed by atoms with Crippen molar-refractivity contribution >= 4 is 17.9 Å². The quantitative estimate of drug-likeness (QED) is 0.408. The lowest BCUT2D eigenvalue weighted by molar-refractivity contribution is -0.307. The highest BCUT2D eigenvalue weighted by Crippen LogP contribution is 2.36. The van der Waals surface area contributed by atoms with Crippen LogP contribution in [0.15, 0.2) is 83.0 Å². The molecule has 5 nitrogen and oxygen atoms in total. The molecule has 0 amide bonds. The summed E-state index contributed by atoms with van der Waals surface area (Å²) < 4.78 is 5.23. The van der Waals surface area contributed by atoms with Crippen molar-refractivity contribution in [2.45, 2.75) is 0 Å². The van der Waals surface area contributed by atoms with Gasteiger partial charge in [-0.3, -0.25) is 0 Å². The summed E-state index contributed by atoms with van der Waals surface area (Å²) in [6, 6.07) is 23.2. The summed E-state index contributed by atoms with van der Waals surface area (Å²) in [7, 11) is 0. The monoisotopic (exact) mass is 355 g/mol. The zero-order chi connectivity index (χ0) is 18.6. The second-order valence-corrected chi connectivity index (χ2v) is 5.98. The standard InChI is InChI=1S/C22H16N2O3/c25-21(26)14-27-20-12-6-1-7-15(20)13-23-24-22-18-10-4-2-8-16(18)17-9-3-5-11-19(17)22/h1-13H,14H2,(H,25,26)/p-1/b23-13-. The first kappa shape index (κ1) is 16.7. The minimum absolute atomic E-state index is 0.415. The Kier molecular flexibility index (Phi) is 4.49. The van der Waals surface area contributed by atoms with Crippen molar-refractivity contribution in [1.29, 1.82) is 0 Å². The molecule has 3 aromatic rings. The van der Waals surface area contributed by atoms with Crippen LogP contribution in [0, 0.1) is 0 Å². The SMILES string of the molecule is O=C([O-])COc1ccccc1/C=N\N=C1c2ccccc2-c2ccccc21. The topological polar surface area (TPSA) is 74.1 Å². The van der Waals surface area contributed by atoms with E-state index in [1.807, 2.05) is 42.5 Å². The Morgan fingerprint density at radius 3 is 2.04 bits per heavy atom.